The summed E-state index contributed by atoms with van der Waals surface area (Å²) in [5.74, 6) is -1.10. The first-order valence-corrected chi connectivity index (χ1v) is 12.4. The molecule has 0 heterocycles. The average Bonchev–Trinajstić information content (AvgIpc) is 2.87. The second-order valence-electron chi connectivity index (χ2n) is 8.12. The molecule has 0 bridgehead atoms. The highest BCUT2D eigenvalue weighted by Crippen LogP contribution is 2.38. The number of carbonyl (C=O) groups excluding carboxylic acids is 1. The molecule has 0 fully saturated rings. The Morgan fingerprint density at radius 3 is 1.95 bits per heavy atom. The summed E-state index contributed by atoms with van der Waals surface area (Å²) in [6.07, 6.45) is -10.3. The first-order chi connectivity index (χ1) is 18.1. The maximum Gasteiger partial charge on any atom is 0.416 e. The molecule has 210 valence electrons. The van der Waals surface area contributed by atoms with Crippen LogP contribution >= 0.6 is 0 Å². The maximum atomic E-state index is 13.7. The van der Waals surface area contributed by atoms with Crippen LogP contribution in [0.15, 0.2) is 71.6 Å². The average molecular weight is 577 g/mol. The smallest absolute Gasteiger partial charge is 0.416 e. The molecule has 0 atom stereocenters. The van der Waals surface area contributed by atoms with Crippen molar-refractivity contribution in [1.82, 2.24) is 4.31 Å². The number of rotatable bonds is 9. The number of anilines is 1. The lowest BCUT2D eigenvalue weighted by Crippen LogP contribution is -2.37. The molecule has 3 aromatic rings. The Hall–Kier alpha value is -3.78. The first kappa shape index (κ1) is 29.8. The highest BCUT2D eigenvalue weighted by molar-refractivity contribution is 7.89. The van der Waals surface area contributed by atoms with Crippen molar-refractivity contribution < 1.29 is 49.0 Å². The Morgan fingerprint density at radius 1 is 0.846 bits per heavy atom. The van der Waals surface area contributed by atoms with E-state index in [1.54, 1.807) is 30.3 Å². The molecule has 1 amide bonds. The first-order valence-electron chi connectivity index (χ1n) is 11.0. The summed E-state index contributed by atoms with van der Waals surface area (Å²) in [7, 11) is -1.99. The van der Waals surface area contributed by atoms with Gasteiger partial charge in [-0.1, -0.05) is 30.3 Å². The number of nitrogens with one attached hydrogen (secondary N) is 1. The minimum absolute atomic E-state index is 0.0815. The molecule has 0 aliphatic carbocycles. The molecular weight excluding hydrogens is 554 g/mol. The van der Waals surface area contributed by atoms with Crippen LogP contribution < -0.4 is 14.8 Å². The van der Waals surface area contributed by atoms with Gasteiger partial charge in [0, 0.05) is 18.3 Å². The zero-order valence-corrected chi connectivity index (χ0v) is 21.2. The van der Waals surface area contributed by atoms with Crippen molar-refractivity contribution in [1.29, 1.82) is 0 Å². The molecule has 1 N–H and O–H groups in total. The number of carbonyl (C=O) groups is 1. The Balaban J connectivity index is 2.00. The van der Waals surface area contributed by atoms with Crippen molar-refractivity contribution >= 4 is 21.6 Å². The third-order valence-corrected chi connectivity index (χ3v) is 7.19. The van der Waals surface area contributed by atoms with Crippen molar-refractivity contribution in [3.63, 3.8) is 0 Å². The molecule has 0 unspecified atom stereocenters. The predicted molar refractivity (Wildman–Crippen MR) is 129 cm³/mol. The highest BCUT2D eigenvalue weighted by Gasteiger charge is 2.37. The molecule has 0 saturated heterocycles. The van der Waals surface area contributed by atoms with Crippen molar-refractivity contribution in [3.05, 3.63) is 83.4 Å². The number of sulfonamides is 1. The lowest BCUT2D eigenvalue weighted by atomic mass is 10.1. The van der Waals surface area contributed by atoms with Gasteiger partial charge < -0.3 is 14.8 Å². The number of benzene rings is 3. The van der Waals surface area contributed by atoms with Crippen molar-refractivity contribution in [2.75, 3.05) is 26.1 Å². The summed E-state index contributed by atoms with van der Waals surface area (Å²) in [6, 6.07) is 12.6. The summed E-state index contributed by atoms with van der Waals surface area (Å²) < 4.78 is 118. The monoisotopic (exact) mass is 576 g/mol. The van der Waals surface area contributed by atoms with Crippen molar-refractivity contribution in [2.45, 2.75) is 23.8 Å². The van der Waals surface area contributed by atoms with Crippen LogP contribution in [0.3, 0.4) is 0 Å². The van der Waals surface area contributed by atoms with Gasteiger partial charge in [-0.3, -0.25) is 4.79 Å². The van der Waals surface area contributed by atoms with Gasteiger partial charge in [0.2, 0.25) is 15.9 Å². The minimum atomic E-state index is -5.13. The number of methoxy groups -OCH3 is 2. The fraction of sp³-hybridized carbons (Fsp3) is 0.240. The number of nitrogens with zero attached hydrogens (tertiary/aromatic N) is 1. The molecule has 0 aliphatic heterocycles. The van der Waals surface area contributed by atoms with Gasteiger partial charge in [0.1, 0.15) is 16.4 Å². The van der Waals surface area contributed by atoms with Gasteiger partial charge in [-0.15, -0.1) is 0 Å². The summed E-state index contributed by atoms with van der Waals surface area (Å²) in [5, 5.41) is 1.96. The van der Waals surface area contributed by atoms with E-state index in [1.165, 1.54) is 26.4 Å². The van der Waals surface area contributed by atoms with Crippen LogP contribution in [0.4, 0.5) is 32.0 Å². The molecule has 0 aromatic heterocycles. The van der Waals surface area contributed by atoms with Gasteiger partial charge in [-0.2, -0.15) is 30.6 Å². The Bertz CT molecular complexity index is 1390. The summed E-state index contributed by atoms with van der Waals surface area (Å²) >= 11 is 0. The van der Waals surface area contributed by atoms with E-state index in [4.69, 9.17) is 9.47 Å². The van der Waals surface area contributed by atoms with E-state index < -0.39 is 51.6 Å². The van der Waals surface area contributed by atoms with Crippen LogP contribution in [0.1, 0.15) is 16.7 Å². The van der Waals surface area contributed by atoms with E-state index in [0.717, 1.165) is 6.07 Å². The number of halogens is 6. The minimum Gasteiger partial charge on any atom is -0.497 e. The molecule has 0 spiro atoms. The molecule has 7 nitrogen and oxygen atoms in total. The van der Waals surface area contributed by atoms with E-state index in [9.17, 15) is 39.6 Å². The Morgan fingerprint density at radius 2 is 1.44 bits per heavy atom. The molecule has 0 radical (unpaired) electrons. The van der Waals surface area contributed by atoms with Crippen LogP contribution in [-0.4, -0.2) is 39.4 Å². The number of amides is 1. The van der Waals surface area contributed by atoms with Crippen molar-refractivity contribution in [3.8, 4) is 11.5 Å². The molecule has 0 saturated carbocycles. The summed E-state index contributed by atoms with van der Waals surface area (Å²) in [6.45, 7) is -1.30. The van der Waals surface area contributed by atoms with E-state index in [2.05, 4.69) is 0 Å². The molecule has 39 heavy (non-hydrogen) atoms. The van der Waals surface area contributed by atoms with Crippen LogP contribution in [0, 0.1) is 0 Å². The van der Waals surface area contributed by atoms with Gasteiger partial charge in [-0.05, 0) is 35.9 Å². The highest BCUT2D eigenvalue weighted by atomic mass is 32.2. The Labute approximate surface area is 220 Å². The predicted octanol–water partition coefficient (Wildman–Crippen LogP) is 5.57. The normalized spacial score (nSPS) is 12.3. The zero-order valence-electron chi connectivity index (χ0n) is 20.4. The van der Waals surface area contributed by atoms with Crippen LogP contribution in [0.2, 0.25) is 0 Å². The third-order valence-electron chi connectivity index (χ3n) is 5.38. The second-order valence-corrected chi connectivity index (χ2v) is 10.0. The zero-order chi connectivity index (χ0) is 29.0. The van der Waals surface area contributed by atoms with Gasteiger partial charge >= 0.3 is 12.4 Å². The third kappa shape index (κ3) is 7.41. The maximum absolute atomic E-state index is 13.7. The molecule has 3 rings (SSSR count). The number of hydrogen-bond acceptors (Lipinski definition) is 5. The van der Waals surface area contributed by atoms with Crippen LogP contribution in [0.25, 0.3) is 0 Å². The SMILES string of the molecule is COc1ccc(OC)c(S(=O)(=O)N(CC(=O)Nc2cc(C(F)(F)F)cc(C(F)(F)F)c2)Cc2ccccc2)c1. The van der Waals surface area contributed by atoms with Crippen LogP contribution in [0.5, 0.6) is 11.5 Å². The molecule has 0 aliphatic rings. The summed E-state index contributed by atoms with van der Waals surface area (Å²) in [4.78, 5) is 12.5. The molecule has 3 aromatic carbocycles. The van der Waals surface area contributed by atoms with Gasteiger partial charge in [0.25, 0.3) is 0 Å². The molecule has 14 heteroatoms. The molecular formula is C25H22F6N2O5S. The quantitative estimate of drug-likeness (QED) is 0.337. The number of ether oxygens (including phenoxy) is 2. The number of alkyl halides is 6. The van der Waals surface area contributed by atoms with Gasteiger partial charge in [0.05, 0.1) is 31.9 Å². The van der Waals surface area contributed by atoms with E-state index >= 15 is 0 Å². The van der Waals surface area contributed by atoms with E-state index in [1.807, 2.05) is 5.32 Å². The van der Waals surface area contributed by atoms with E-state index in [-0.39, 0.29) is 29.0 Å². The fourth-order valence-electron chi connectivity index (χ4n) is 3.53. The van der Waals surface area contributed by atoms with Crippen molar-refractivity contribution in [2.24, 2.45) is 0 Å². The lowest BCUT2D eigenvalue weighted by molar-refractivity contribution is -0.143. The summed E-state index contributed by atoms with van der Waals surface area (Å²) in [5.41, 5.74) is -3.63. The fourth-order valence-corrected chi connectivity index (χ4v) is 5.08. The second kappa shape index (κ2) is 11.5. The van der Waals surface area contributed by atoms with Gasteiger partial charge in [-0.25, -0.2) is 8.42 Å². The van der Waals surface area contributed by atoms with Crippen LogP contribution in [-0.2, 0) is 33.7 Å². The van der Waals surface area contributed by atoms with E-state index in [0.29, 0.717) is 22.0 Å². The Kier molecular flexibility index (Phi) is 8.80. The number of hydrogen-bond donors (Lipinski definition) is 1. The lowest BCUT2D eigenvalue weighted by Gasteiger charge is -2.23. The van der Waals surface area contributed by atoms with Gasteiger partial charge in [0.15, 0.2) is 0 Å². The standard InChI is InChI=1S/C25H22F6N2O5S/c1-37-20-8-9-21(38-2)22(13-20)39(35,36)33(14-16-6-4-3-5-7-16)15-23(34)32-19-11-17(24(26,27)28)10-18(12-19)25(29,30)31/h3-13H,14-15H2,1-2H3,(H,32,34). The topological polar surface area (TPSA) is 84.9 Å². The largest absolute Gasteiger partial charge is 0.497 e.